The Kier molecular flexibility index (Phi) is 4.08. The molecule has 1 heterocycles. The van der Waals surface area contributed by atoms with E-state index < -0.39 is 0 Å². The number of nitrogens with zero attached hydrogens (tertiary/aromatic N) is 1. The molecule has 1 aromatic heterocycles. The van der Waals surface area contributed by atoms with Crippen molar-refractivity contribution < 1.29 is 4.79 Å². The number of urea groups is 1. The Morgan fingerprint density at radius 1 is 1.25 bits per heavy atom. The number of anilines is 1. The molecule has 5 nitrogen and oxygen atoms in total. The van der Waals surface area contributed by atoms with Crippen LogP contribution in [0.1, 0.15) is 20.8 Å². The van der Waals surface area contributed by atoms with Gasteiger partial charge in [-0.15, -0.1) is 0 Å². The first-order valence-corrected chi connectivity index (χ1v) is 6.59. The van der Waals surface area contributed by atoms with Gasteiger partial charge in [0.15, 0.2) is 0 Å². The lowest BCUT2D eigenvalue weighted by Crippen LogP contribution is -2.35. The standard InChI is InChI=1S/C15H20N4O/c1-15(2,3)10-18-14(20)19-12-6-4-11(5-7-12)13-16-8-9-17-13/h4-9H,10H2,1-3H3,(H,16,17)(H2,18,19,20). The van der Waals surface area contributed by atoms with Crippen LogP contribution in [0.5, 0.6) is 0 Å². The van der Waals surface area contributed by atoms with E-state index in [1.54, 1.807) is 12.4 Å². The summed E-state index contributed by atoms with van der Waals surface area (Å²) in [6.45, 7) is 6.85. The van der Waals surface area contributed by atoms with Crippen molar-refractivity contribution in [3.05, 3.63) is 36.7 Å². The summed E-state index contributed by atoms with van der Waals surface area (Å²) in [7, 11) is 0. The predicted octanol–water partition coefficient (Wildman–Crippen LogP) is 3.24. The Morgan fingerprint density at radius 2 is 1.95 bits per heavy atom. The first-order valence-electron chi connectivity index (χ1n) is 6.59. The molecule has 5 heteroatoms. The van der Waals surface area contributed by atoms with Gasteiger partial charge in [-0.1, -0.05) is 20.8 Å². The van der Waals surface area contributed by atoms with Gasteiger partial charge in [-0.25, -0.2) is 9.78 Å². The summed E-state index contributed by atoms with van der Waals surface area (Å²) >= 11 is 0. The number of hydrogen-bond donors (Lipinski definition) is 3. The van der Waals surface area contributed by atoms with Crippen molar-refractivity contribution in [1.82, 2.24) is 15.3 Å². The maximum Gasteiger partial charge on any atom is 0.319 e. The normalized spacial score (nSPS) is 11.2. The van der Waals surface area contributed by atoms with E-state index in [0.717, 1.165) is 17.1 Å². The second-order valence-electron chi connectivity index (χ2n) is 5.88. The first kappa shape index (κ1) is 14.1. The molecule has 0 saturated heterocycles. The van der Waals surface area contributed by atoms with Gasteiger partial charge >= 0.3 is 6.03 Å². The molecule has 0 radical (unpaired) electrons. The number of amides is 2. The molecule has 0 unspecified atom stereocenters. The predicted molar refractivity (Wildman–Crippen MR) is 80.5 cm³/mol. The van der Waals surface area contributed by atoms with Gasteiger partial charge in [0.1, 0.15) is 5.82 Å². The molecule has 20 heavy (non-hydrogen) atoms. The Labute approximate surface area is 118 Å². The van der Waals surface area contributed by atoms with E-state index in [1.165, 1.54) is 0 Å². The van der Waals surface area contributed by atoms with Gasteiger partial charge in [0.2, 0.25) is 0 Å². The SMILES string of the molecule is CC(C)(C)CNC(=O)Nc1ccc(-c2ncc[nH]2)cc1. The molecule has 2 amide bonds. The van der Waals surface area contributed by atoms with Crippen LogP contribution >= 0.6 is 0 Å². The van der Waals surface area contributed by atoms with Gasteiger partial charge in [-0.2, -0.15) is 0 Å². The average molecular weight is 272 g/mol. The molecule has 0 bridgehead atoms. The van der Waals surface area contributed by atoms with Gasteiger partial charge in [-0.3, -0.25) is 0 Å². The quantitative estimate of drug-likeness (QED) is 0.802. The van der Waals surface area contributed by atoms with Crippen LogP contribution in [-0.4, -0.2) is 22.5 Å². The van der Waals surface area contributed by atoms with Crippen molar-refractivity contribution in [2.75, 3.05) is 11.9 Å². The molecule has 0 aliphatic heterocycles. The van der Waals surface area contributed by atoms with Crippen molar-refractivity contribution in [2.45, 2.75) is 20.8 Å². The fraction of sp³-hybridized carbons (Fsp3) is 0.333. The van der Waals surface area contributed by atoms with Crippen LogP contribution in [0, 0.1) is 5.41 Å². The second-order valence-corrected chi connectivity index (χ2v) is 5.88. The Hall–Kier alpha value is -2.30. The van der Waals surface area contributed by atoms with Gasteiger partial charge in [0.25, 0.3) is 0 Å². The third kappa shape index (κ3) is 4.12. The summed E-state index contributed by atoms with van der Waals surface area (Å²) in [6, 6.07) is 7.35. The molecule has 0 fully saturated rings. The molecule has 2 aromatic rings. The number of benzene rings is 1. The summed E-state index contributed by atoms with van der Waals surface area (Å²) in [5.41, 5.74) is 1.81. The molecule has 0 saturated carbocycles. The number of hydrogen-bond acceptors (Lipinski definition) is 2. The van der Waals surface area contributed by atoms with E-state index in [1.807, 2.05) is 24.3 Å². The largest absolute Gasteiger partial charge is 0.345 e. The molecule has 0 aliphatic carbocycles. The fourth-order valence-electron chi connectivity index (χ4n) is 1.66. The zero-order chi connectivity index (χ0) is 14.6. The van der Waals surface area contributed by atoms with Crippen molar-refractivity contribution in [1.29, 1.82) is 0 Å². The highest BCUT2D eigenvalue weighted by Crippen LogP contribution is 2.17. The maximum absolute atomic E-state index is 11.7. The molecule has 1 aromatic carbocycles. The molecule has 0 atom stereocenters. The van der Waals surface area contributed by atoms with Crippen LogP contribution in [0.2, 0.25) is 0 Å². The number of aromatic amines is 1. The van der Waals surface area contributed by atoms with Gasteiger partial charge in [0.05, 0.1) is 0 Å². The first-order chi connectivity index (χ1) is 9.44. The van der Waals surface area contributed by atoms with E-state index in [2.05, 4.69) is 41.4 Å². The minimum atomic E-state index is -0.189. The highest BCUT2D eigenvalue weighted by molar-refractivity contribution is 5.89. The summed E-state index contributed by atoms with van der Waals surface area (Å²) in [4.78, 5) is 19.0. The number of imidazole rings is 1. The zero-order valence-electron chi connectivity index (χ0n) is 12.0. The molecule has 3 N–H and O–H groups in total. The number of H-pyrrole nitrogens is 1. The smallest absolute Gasteiger partial charge is 0.319 e. The minimum Gasteiger partial charge on any atom is -0.345 e. The Bertz CT molecular complexity index is 553. The van der Waals surface area contributed by atoms with E-state index >= 15 is 0 Å². The van der Waals surface area contributed by atoms with Crippen LogP contribution in [-0.2, 0) is 0 Å². The number of carbonyl (C=O) groups is 1. The molecule has 0 spiro atoms. The number of nitrogens with one attached hydrogen (secondary N) is 3. The minimum absolute atomic E-state index is 0.0699. The molecule has 106 valence electrons. The molecular weight excluding hydrogens is 252 g/mol. The highest BCUT2D eigenvalue weighted by Gasteiger charge is 2.11. The van der Waals surface area contributed by atoms with Crippen LogP contribution in [0.3, 0.4) is 0 Å². The Balaban J connectivity index is 1.92. The monoisotopic (exact) mass is 272 g/mol. The Morgan fingerprint density at radius 3 is 2.50 bits per heavy atom. The van der Waals surface area contributed by atoms with E-state index in [-0.39, 0.29) is 11.4 Å². The summed E-state index contributed by atoms with van der Waals surface area (Å²) in [6.07, 6.45) is 3.49. The van der Waals surface area contributed by atoms with Crippen LogP contribution in [0.4, 0.5) is 10.5 Å². The summed E-state index contributed by atoms with van der Waals surface area (Å²) < 4.78 is 0. The van der Waals surface area contributed by atoms with Crippen LogP contribution in [0.15, 0.2) is 36.7 Å². The zero-order valence-corrected chi connectivity index (χ0v) is 12.0. The molecule has 2 rings (SSSR count). The maximum atomic E-state index is 11.7. The van der Waals surface area contributed by atoms with Crippen molar-refractivity contribution in [3.63, 3.8) is 0 Å². The van der Waals surface area contributed by atoms with Crippen molar-refractivity contribution in [2.24, 2.45) is 5.41 Å². The number of rotatable bonds is 3. The van der Waals surface area contributed by atoms with Gasteiger partial charge in [0, 0.05) is 30.2 Å². The summed E-state index contributed by atoms with van der Waals surface area (Å²) in [5, 5.41) is 5.65. The average Bonchev–Trinajstić information content (AvgIpc) is 2.90. The topological polar surface area (TPSA) is 69.8 Å². The van der Waals surface area contributed by atoms with E-state index in [4.69, 9.17) is 0 Å². The molecular formula is C15H20N4O. The second kappa shape index (κ2) is 5.77. The van der Waals surface area contributed by atoms with Gasteiger partial charge in [-0.05, 0) is 29.7 Å². The van der Waals surface area contributed by atoms with Crippen molar-refractivity contribution >= 4 is 11.7 Å². The van der Waals surface area contributed by atoms with Crippen LogP contribution < -0.4 is 10.6 Å². The third-order valence-corrected chi connectivity index (χ3v) is 2.69. The van der Waals surface area contributed by atoms with E-state index in [9.17, 15) is 4.79 Å². The fourth-order valence-corrected chi connectivity index (χ4v) is 1.66. The van der Waals surface area contributed by atoms with Crippen molar-refractivity contribution in [3.8, 4) is 11.4 Å². The number of aromatic nitrogens is 2. The lowest BCUT2D eigenvalue weighted by molar-refractivity contribution is 0.247. The van der Waals surface area contributed by atoms with Crippen LogP contribution in [0.25, 0.3) is 11.4 Å². The highest BCUT2D eigenvalue weighted by atomic mass is 16.2. The number of carbonyl (C=O) groups excluding carboxylic acids is 1. The molecule has 0 aliphatic rings. The lowest BCUT2D eigenvalue weighted by atomic mass is 9.97. The third-order valence-electron chi connectivity index (χ3n) is 2.69. The lowest BCUT2D eigenvalue weighted by Gasteiger charge is -2.18. The summed E-state index contributed by atoms with van der Waals surface area (Å²) in [5.74, 6) is 0.814. The van der Waals surface area contributed by atoms with E-state index in [0.29, 0.717) is 6.54 Å². The van der Waals surface area contributed by atoms with Gasteiger partial charge < -0.3 is 15.6 Å².